The third-order valence-corrected chi connectivity index (χ3v) is 6.34. The van der Waals surface area contributed by atoms with Crippen molar-refractivity contribution >= 4 is 27.5 Å². The summed E-state index contributed by atoms with van der Waals surface area (Å²) in [6.07, 6.45) is 3.29. The van der Waals surface area contributed by atoms with Crippen molar-refractivity contribution in [2.45, 2.75) is 31.1 Å². The first-order chi connectivity index (χ1) is 13.9. The van der Waals surface area contributed by atoms with Crippen molar-refractivity contribution in [1.29, 1.82) is 0 Å². The molecular weight excluding hydrogens is 394 g/mol. The second kappa shape index (κ2) is 9.23. The molecule has 0 saturated carbocycles. The molecule has 156 valence electrons. The van der Waals surface area contributed by atoms with E-state index < -0.39 is 10.0 Å². The third kappa shape index (κ3) is 5.24. The quantitative estimate of drug-likeness (QED) is 0.717. The number of hydrogen-bond acceptors (Lipinski definition) is 5. The molecule has 0 bridgehead atoms. The number of nitrogens with zero attached hydrogens (tertiary/aromatic N) is 1. The van der Waals surface area contributed by atoms with Gasteiger partial charge in [-0.3, -0.25) is 9.59 Å². The highest BCUT2D eigenvalue weighted by atomic mass is 32.2. The van der Waals surface area contributed by atoms with Crippen molar-refractivity contribution in [1.82, 2.24) is 9.62 Å². The molecule has 1 aromatic carbocycles. The molecule has 29 heavy (non-hydrogen) atoms. The molecule has 1 aliphatic rings. The number of hydrogen-bond donors (Lipinski definition) is 2. The lowest BCUT2D eigenvalue weighted by Gasteiger charge is -2.30. The molecule has 2 N–H and O–H groups in total. The highest BCUT2D eigenvalue weighted by Crippen LogP contribution is 2.22. The van der Waals surface area contributed by atoms with Gasteiger partial charge in [-0.2, -0.15) is 0 Å². The van der Waals surface area contributed by atoms with Crippen LogP contribution >= 0.6 is 0 Å². The zero-order valence-corrected chi connectivity index (χ0v) is 17.1. The van der Waals surface area contributed by atoms with Crippen molar-refractivity contribution in [2.75, 3.05) is 25.0 Å². The molecule has 0 aliphatic carbocycles. The van der Waals surface area contributed by atoms with E-state index >= 15 is 0 Å². The lowest BCUT2D eigenvalue weighted by atomic mass is 9.95. The number of sulfonamides is 1. The molecular formula is C20H25N3O5S. The number of likely N-dealkylation sites (tertiary alicyclic amines) is 1. The van der Waals surface area contributed by atoms with Gasteiger partial charge in [0, 0.05) is 31.2 Å². The van der Waals surface area contributed by atoms with E-state index in [9.17, 15) is 18.0 Å². The summed E-state index contributed by atoms with van der Waals surface area (Å²) >= 11 is 0. The van der Waals surface area contributed by atoms with Crippen LogP contribution in [0.15, 0.2) is 52.0 Å². The summed E-state index contributed by atoms with van der Waals surface area (Å²) in [6.45, 7) is 3.23. The summed E-state index contributed by atoms with van der Waals surface area (Å²) in [5.74, 6) is -0.196. The number of anilines is 1. The number of amides is 2. The average molecular weight is 420 g/mol. The van der Waals surface area contributed by atoms with E-state index in [4.69, 9.17) is 4.42 Å². The summed E-state index contributed by atoms with van der Waals surface area (Å²) in [6, 6.07) is 9.39. The molecule has 0 unspecified atom stereocenters. The van der Waals surface area contributed by atoms with E-state index in [1.165, 1.54) is 18.4 Å². The first kappa shape index (κ1) is 21.1. The first-order valence-electron chi connectivity index (χ1n) is 9.64. The molecule has 2 aromatic rings. The maximum atomic E-state index is 12.5. The van der Waals surface area contributed by atoms with Gasteiger partial charge in [-0.25, -0.2) is 13.1 Å². The van der Waals surface area contributed by atoms with Crippen molar-refractivity contribution in [3.8, 4) is 0 Å². The van der Waals surface area contributed by atoms with Crippen molar-refractivity contribution < 1.29 is 22.4 Å². The molecule has 0 atom stereocenters. The minimum absolute atomic E-state index is 0.130. The van der Waals surface area contributed by atoms with Gasteiger partial charge in [0.15, 0.2) is 5.76 Å². The summed E-state index contributed by atoms with van der Waals surface area (Å²) in [7, 11) is -3.53. The average Bonchev–Trinajstić information content (AvgIpc) is 3.27. The van der Waals surface area contributed by atoms with E-state index in [-0.39, 0.29) is 22.6 Å². The molecule has 1 fully saturated rings. The van der Waals surface area contributed by atoms with Crippen LogP contribution in [-0.2, 0) is 14.8 Å². The summed E-state index contributed by atoms with van der Waals surface area (Å²) in [4.78, 5) is 26.7. The standard InChI is InChI=1S/C20H25N3O5S/c1-2-11-21-29(26,27)17-7-5-16(6-8-17)22-19(24)15-9-12-23(13-10-15)20(25)18-4-3-14-28-18/h3-8,14-15,21H,2,9-13H2,1H3,(H,22,24). The number of carbonyl (C=O) groups is 2. The zero-order chi connectivity index (χ0) is 20.9. The lowest BCUT2D eigenvalue weighted by molar-refractivity contribution is -0.121. The second-order valence-electron chi connectivity index (χ2n) is 6.96. The fourth-order valence-corrected chi connectivity index (χ4v) is 4.32. The Morgan fingerprint density at radius 3 is 2.41 bits per heavy atom. The van der Waals surface area contributed by atoms with Crippen LogP contribution < -0.4 is 10.0 Å². The van der Waals surface area contributed by atoms with Gasteiger partial charge in [0.2, 0.25) is 15.9 Å². The third-order valence-electron chi connectivity index (χ3n) is 4.86. The van der Waals surface area contributed by atoms with Gasteiger partial charge in [0.25, 0.3) is 5.91 Å². The topological polar surface area (TPSA) is 109 Å². The number of piperidine rings is 1. The van der Waals surface area contributed by atoms with Gasteiger partial charge in [0.05, 0.1) is 11.2 Å². The molecule has 3 rings (SSSR count). The van der Waals surface area contributed by atoms with Crippen LogP contribution in [0.25, 0.3) is 0 Å². The monoisotopic (exact) mass is 419 g/mol. The Balaban J connectivity index is 1.53. The fourth-order valence-electron chi connectivity index (χ4n) is 3.18. The summed E-state index contributed by atoms with van der Waals surface area (Å²) < 4.78 is 31.9. The summed E-state index contributed by atoms with van der Waals surface area (Å²) in [5.41, 5.74) is 0.540. The van der Waals surface area contributed by atoms with Crippen molar-refractivity contribution in [3.05, 3.63) is 48.4 Å². The summed E-state index contributed by atoms with van der Waals surface area (Å²) in [5, 5.41) is 2.83. The van der Waals surface area contributed by atoms with Gasteiger partial charge in [0.1, 0.15) is 0 Å². The second-order valence-corrected chi connectivity index (χ2v) is 8.72. The Morgan fingerprint density at radius 1 is 1.14 bits per heavy atom. The minimum atomic E-state index is -3.53. The number of nitrogens with one attached hydrogen (secondary N) is 2. The lowest BCUT2D eigenvalue weighted by Crippen LogP contribution is -2.41. The predicted octanol–water partition coefficient (Wildman–Crippen LogP) is 2.46. The maximum Gasteiger partial charge on any atom is 0.289 e. The molecule has 0 spiro atoms. The van der Waals surface area contributed by atoms with Crippen LogP contribution in [0.2, 0.25) is 0 Å². The number of carbonyl (C=O) groups excluding carboxylic acids is 2. The highest BCUT2D eigenvalue weighted by molar-refractivity contribution is 7.89. The fraction of sp³-hybridized carbons (Fsp3) is 0.400. The number of rotatable bonds is 7. The van der Waals surface area contributed by atoms with Gasteiger partial charge in [-0.05, 0) is 55.7 Å². The molecule has 8 nitrogen and oxygen atoms in total. The Morgan fingerprint density at radius 2 is 1.83 bits per heavy atom. The number of furan rings is 1. The van der Waals surface area contributed by atoms with Crippen molar-refractivity contribution in [3.63, 3.8) is 0 Å². The van der Waals surface area contributed by atoms with Crippen LogP contribution in [0.5, 0.6) is 0 Å². The van der Waals surface area contributed by atoms with Gasteiger partial charge in [-0.15, -0.1) is 0 Å². The SMILES string of the molecule is CCCNS(=O)(=O)c1ccc(NC(=O)C2CCN(C(=O)c3ccco3)CC2)cc1. The Hall–Kier alpha value is -2.65. The van der Waals surface area contributed by atoms with E-state index in [1.807, 2.05) is 6.92 Å². The maximum absolute atomic E-state index is 12.5. The predicted molar refractivity (Wildman–Crippen MR) is 108 cm³/mol. The van der Waals surface area contributed by atoms with Crippen LogP contribution in [0.1, 0.15) is 36.7 Å². The molecule has 2 amide bonds. The van der Waals surface area contributed by atoms with Crippen LogP contribution in [0.3, 0.4) is 0 Å². The molecule has 2 heterocycles. The van der Waals surface area contributed by atoms with E-state index in [2.05, 4.69) is 10.0 Å². The Bertz CT molecular complexity index is 931. The van der Waals surface area contributed by atoms with Gasteiger partial charge >= 0.3 is 0 Å². The van der Waals surface area contributed by atoms with Gasteiger partial charge < -0.3 is 14.6 Å². The van der Waals surface area contributed by atoms with E-state index in [1.54, 1.807) is 29.2 Å². The molecule has 1 aromatic heterocycles. The molecule has 9 heteroatoms. The minimum Gasteiger partial charge on any atom is -0.459 e. The Labute approximate surface area is 170 Å². The van der Waals surface area contributed by atoms with Crippen molar-refractivity contribution in [2.24, 2.45) is 5.92 Å². The normalized spacial score (nSPS) is 15.3. The van der Waals surface area contributed by atoms with Crippen LogP contribution in [0, 0.1) is 5.92 Å². The molecule has 1 saturated heterocycles. The smallest absolute Gasteiger partial charge is 0.289 e. The number of benzene rings is 1. The first-order valence-corrected chi connectivity index (χ1v) is 11.1. The van der Waals surface area contributed by atoms with Crippen LogP contribution in [0.4, 0.5) is 5.69 Å². The molecule has 1 aliphatic heterocycles. The van der Waals surface area contributed by atoms with E-state index in [0.29, 0.717) is 50.3 Å². The highest BCUT2D eigenvalue weighted by Gasteiger charge is 2.28. The largest absolute Gasteiger partial charge is 0.459 e. The molecule has 0 radical (unpaired) electrons. The van der Waals surface area contributed by atoms with Gasteiger partial charge in [-0.1, -0.05) is 6.92 Å². The zero-order valence-electron chi connectivity index (χ0n) is 16.3. The van der Waals surface area contributed by atoms with E-state index in [0.717, 1.165) is 0 Å². The Kier molecular flexibility index (Phi) is 6.71. The van der Waals surface area contributed by atoms with Crippen LogP contribution in [-0.4, -0.2) is 44.8 Å².